The minimum Gasteiger partial charge on any atom is -0.256 e. The van der Waals surface area contributed by atoms with E-state index in [0.29, 0.717) is 0 Å². The van der Waals surface area contributed by atoms with Crippen molar-refractivity contribution in [1.29, 1.82) is 0 Å². The Bertz CT molecular complexity index is 1960. The first-order chi connectivity index (χ1) is 16.9. The van der Waals surface area contributed by atoms with Gasteiger partial charge in [0.1, 0.15) is 0 Å². The smallest absolute Gasteiger partial charge is 0.0787 e. The topological polar surface area (TPSA) is 25.8 Å². The third-order valence-electron chi connectivity index (χ3n) is 7.27. The summed E-state index contributed by atoms with van der Waals surface area (Å²) in [5.41, 5.74) is 8.25. The van der Waals surface area contributed by atoms with Crippen molar-refractivity contribution in [3.63, 3.8) is 0 Å². The number of pyridine rings is 2. The van der Waals surface area contributed by atoms with Gasteiger partial charge in [0.05, 0.1) is 11.2 Å². The summed E-state index contributed by atoms with van der Waals surface area (Å²) in [4.78, 5) is 9.54. The first kappa shape index (κ1) is 17.9. The summed E-state index contributed by atoms with van der Waals surface area (Å²) in [5, 5.41) is 8.79. The van der Waals surface area contributed by atoms with Crippen molar-refractivity contribution in [2.45, 2.75) is 0 Å². The van der Waals surface area contributed by atoms with E-state index in [1.165, 1.54) is 60.1 Å². The molecule has 0 aliphatic heterocycles. The van der Waals surface area contributed by atoms with E-state index in [2.05, 4.69) is 84.9 Å². The van der Waals surface area contributed by atoms with Crippen LogP contribution in [-0.2, 0) is 0 Å². The maximum absolute atomic E-state index is 4.78. The molecular weight excluding hydrogens is 412 g/mol. The van der Waals surface area contributed by atoms with Crippen LogP contribution in [0.5, 0.6) is 0 Å². The van der Waals surface area contributed by atoms with Gasteiger partial charge in [-0.1, -0.05) is 72.8 Å². The van der Waals surface area contributed by atoms with Gasteiger partial charge in [0.25, 0.3) is 0 Å². The van der Waals surface area contributed by atoms with E-state index < -0.39 is 0 Å². The van der Waals surface area contributed by atoms with Crippen LogP contribution >= 0.6 is 0 Å². The molecule has 0 N–H and O–H groups in total. The largest absolute Gasteiger partial charge is 0.256 e. The molecule has 2 heterocycles. The second-order valence-corrected chi connectivity index (χ2v) is 9.00. The number of hydrogen-bond acceptors (Lipinski definition) is 2. The fourth-order valence-electron chi connectivity index (χ4n) is 5.85. The highest BCUT2D eigenvalue weighted by molar-refractivity contribution is 6.28. The lowest BCUT2D eigenvalue weighted by Gasteiger charge is -2.15. The summed E-state index contributed by atoms with van der Waals surface area (Å²) in [5.74, 6) is 0. The molecule has 0 bridgehead atoms. The average molecular weight is 431 g/mol. The molecular formula is C32H18N2. The standard InChI is InChI=1S/C32H18N2/c1-2-10-21-20(9-1)26(25-13-3-7-19-8-5-15-33-31(19)25)17-28-23-12-4-11-22-24-14-6-16-34-32(24)29(30(22)23)18-27(21)28/h1-18H. The summed E-state index contributed by atoms with van der Waals surface area (Å²) in [7, 11) is 0. The molecule has 1 aliphatic carbocycles. The first-order valence-corrected chi connectivity index (χ1v) is 11.6. The number of aromatic nitrogens is 2. The third-order valence-corrected chi connectivity index (χ3v) is 7.27. The van der Waals surface area contributed by atoms with Crippen molar-refractivity contribution >= 4 is 43.2 Å². The molecule has 2 heteroatoms. The normalized spacial score (nSPS) is 12.1. The predicted octanol–water partition coefficient (Wildman–Crippen LogP) is 8.40. The Morgan fingerprint density at radius 1 is 0.412 bits per heavy atom. The molecule has 2 nitrogen and oxygen atoms in total. The fourth-order valence-corrected chi connectivity index (χ4v) is 5.85. The van der Waals surface area contributed by atoms with Crippen LogP contribution in [0.15, 0.2) is 109 Å². The molecule has 8 rings (SSSR count). The number of benzene rings is 5. The Kier molecular flexibility index (Phi) is 3.42. The zero-order chi connectivity index (χ0) is 22.2. The van der Waals surface area contributed by atoms with Crippen molar-refractivity contribution in [2.75, 3.05) is 0 Å². The van der Waals surface area contributed by atoms with Crippen LogP contribution in [0.1, 0.15) is 0 Å². The number of hydrogen-bond donors (Lipinski definition) is 0. The lowest BCUT2D eigenvalue weighted by molar-refractivity contribution is 1.35. The number of rotatable bonds is 1. The molecule has 0 radical (unpaired) electrons. The maximum atomic E-state index is 4.78. The van der Waals surface area contributed by atoms with Crippen molar-refractivity contribution < 1.29 is 0 Å². The Labute approximate surface area is 196 Å². The van der Waals surface area contributed by atoms with E-state index in [9.17, 15) is 0 Å². The lowest BCUT2D eigenvalue weighted by Crippen LogP contribution is -1.89. The van der Waals surface area contributed by atoms with E-state index >= 15 is 0 Å². The van der Waals surface area contributed by atoms with E-state index in [1.54, 1.807) is 0 Å². The molecule has 5 aromatic carbocycles. The van der Waals surface area contributed by atoms with Crippen LogP contribution in [0.4, 0.5) is 0 Å². The monoisotopic (exact) mass is 430 g/mol. The van der Waals surface area contributed by atoms with Crippen LogP contribution < -0.4 is 0 Å². The van der Waals surface area contributed by atoms with Gasteiger partial charge in [0.15, 0.2) is 0 Å². The van der Waals surface area contributed by atoms with Crippen LogP contribution in [0.2, 0.25) is 0 Å². The van der Waals surface area contributed by atoms with Crippen molar-refractivity contribution in [1.82, 2.24) is 9.97 Å². The molecule has 0 saturated carbocycles. The minimum atomic E-state index is 1.04. The van der Waals surface area contributed by atoms with Gasteiger partial charge < -0.3 is 0 Å². The highest BCUT2D eigenvalue weighted by Gasteiger charge is 2.24. The summed E-state index contributed by atoms with van der Waals surface area (Å²) in [6.07, 6.45) is 3.78. The van der Waals surface area contributed by atoms with E-state index in [1.807, 2.05) is 24.5 Å². The van der Waals surface area contributed by atoms with E-state index in [-0.39, 0.29) is 0 Å². The Balaban J connectivity index is 1.59. The Hall–Kier alpha value is -4.56. The fraction of sp³-hybridized carbons (Fsp3) is 0. The molecule has 0 fully saturated rings. The van der Waals surface area contributed by atoms with Gasteiger partial charge in [-0.3, -0.25) is 9.97 Å². The zero-order valence-electron chi connectivity index (χ0n) is 18.3. The molecule has 2 aromatic heterocycles. The molecule has 0 amide bonds. The molecule has 0 atom stereocenters. The summed E-state index contributed by atoms with van der Waals surface area (Å²) >= 11 is 0. The first-order valence-electron chi connectivity index (χ1n) is 11.6. The van der Waals surface area contributed by atoms with Gasteiger partial charge in [-0.05, 0) is 67.7 Å². The summed E-state index contributed by atoms with van der Waals surface area (Å²) < 4.78 is 0. The van der Waals surface area contributed by atoms with Crippen LogP contribution in [0, 0.1) is 0 Å². The molecule has 0 unspecified atom stereocenters. The minimum absolute atomic E-state index is 1.04. The van der Waals surface area contributed by atoms with Crippen LogP contribution in [0.3, 0.4) is 0 Å². The van der Waals surface area contributed by atoms with Gasteiger partial charge in [-0.15, -0.1) is 0 Å². The number of nitrogens with zero attached hydrogens (tertiary/aromatic N) is 2. The van der Waals surface area contributed by atoms with Gasteiger partial charge >= 0.3 is 0 Å². The lowest BCUT2D eigenvalue weighted by atomic mass is 9.88. The summed E-state index contributed by atoms with van der Waals surface area (Å²) in [6, 6.07) is 35.0. The van der Waals surface area contributed by atoms with Crippen molar-refractivity contribution in [3.05, 3.63) is 109 Å². The molecule has 7 aromatic rings. The van der Waals surface area contributed by atoms with Crippen LogP contribution in [-0.4, -0.2) is 9.97 Å². The molecule has 156 valence electrons. The summed E-state index contributed by atoms with van der Waals surface area (Å²) in [6.45, 7) is 0. The van der Waals surface area contributed by atoms with Crippen molar-refractivity contribution in [2.24, 2.45) is 0 Å². The second kappa shape index (κ2) is 6.49. The Morgan fingerprint density at radius 3 is 2.06 bits per heavy atom. The quantitative estimate of drug-likeness (QED) is 0.244. The van der Waals surface area contributed by atoms with Crippen LogP contribution in [0.25, 0.3) is 76.7 Å². The highest BCUT2D eigenvalue weighted by atomic mass is 14.7. The van der Waals surface area contributed by atoms with E-state index in [0.717, 1.165) is 16.6 Å². The van der Waals surface area contributed by atoms with E-state index in [4.69, 9.17) is 9.97 Å². The predicted molar refractivity (Wildman–Crippen MR) is 142 cm³/mol. The average Bonchev–Trinajstić information content (AvgIpc) is 3.23. The van der Waals surface area contributed by atoms with Gasteiger partial charge in [-0.2, -0.15) is 0 Å². The van der Waals surface area contributed by atoms with Gasteiger partial charge in [-0.25, -0.2) is 0 Å². The van der Waals surface area contributed by atoms with Crippen molar-refractivity contribution in [3.8, 4) is 33.5 Å². The van der Waals surface area contributed by atoms with Gasteiger partial charge in [0.2, 0.25) is 0 Å². The molecule has 0 spiro atoms. The molecule has 0 saturated heterocycles. The Morgan fingerprint density at radius 2 is 1.09 bits per heavy atom. The SMILES string of the molecule is c1cnc2c(c1)-c1cccc3c1c-2cc1c2ccccc2c(-c2cccc4cccnc24)cc31. The second-order valence-electron chi connectivity index (χ2n) is 9.00. The molecule has 34 heavy (non-hydrogen) atoms. The maximum Gasteiger partial charge on any atom is 0.0787 e. The highest BCUT2D eigenvalue weighted by Crippen LogP contribution is 2.50. The van der Waals surface area contributed by atoms with Gasteiger partial charge in [0, 0.05) is 34.5 Å². The number of fused-ring (bicyclic) bond motifs is 8. The molecule has 1 aliphatic rings. The zero-order valence-corrected chi connectivity index (χ0v) is 18.3. The third kappa shape index (κ3) is 2.24. The number of para-hydroxylation sites is 1.